The predicted molar refractivity (Wildman–Crippen MR) is 80.0 cm³/mol. The van der Waals surface area contributed by atoms with E-state index in [0.717, 1.165) is 45.3 Å². The van der Waals surface area contributed by atoms with Gasteiger partial charge in [0.25, 0.3) is 0 Å². The second-order valence-electron chi connectivity index (χ2n) is 7.36. The molecule has 3 N–H and O–H groups in total. The van der Waals surface area contributed by atoms with Gasteiger partial charge in [-0.05, 0) is 37.0 Å². The summed E-state index contributed by atoms with van der Waals surface area (Å²) in [5.41, 5.74) is 5.84. The minimum Gasteiger partial charge on any atom is -0.392 e. The van der Waals surface area contributed by atoms with E-state index in [9.17, 15) is 5.11 Å². The van der Waals surface area contributed by atoms with Crippen molar-refractivity contribution in [3.05, 3.63) is 0 Å². The van der Waals surface area contributed by atoms with Crippen LogP contribution in [0.15, 0.2) is 0 Å². The minimum atomic E-state index is -0.313. The summed E-state index contributed by atoms with van der Waals surface area (Å²) in [5.74, 6) is 0.683. The molecule has 1 fully saturated rings. The normalized spacial score (nSPS) is 30.8. The lowest BCUT2D eigenvalue weighted by Gasteiger charge is -2.49. The highest BCUT2D eigenvalue weighted by Gasteiger charge is 2.47. The highest BCUT2D eigenvalue weighted by molar-refractivity contribution is 4.98. The number of hydrogen-bond acceptors (Lipinski definition) is 3. The monoisotopic (exact) mass is 271 g/mol. The van der Waals surface area contributed by atoms with Crippen molar-refractivity contribution in [2.24, 2.45) is 22.5 Å². The summed E-state index contributed by atoms with van der Waals surface area (Å²) >= 11 is 0. The van der Waals surface area contributed by atoms with Gasteiger partial charge < -0.3 is 15.6 Å². The van der Waals surface area contributed by atoms with E-state index in [0.29, 0.717) is 12.5 Å². The zero-order valence-corrected chi connectivity index (χ0v) is 13.2. The number of ether oxygens (including phenoxy) is 1. The second kappa shape index (κ2) is 7.05. The highest BCUT2D eigenvalue weighted by Crippen LogP contribution is 2.47. The fourth-order valence-electron chi connectivity index (χ4n) is 3.27. The molecule has 2 atom stereocenters. The summed E-state index contributed by atoms with van der Waals surface area (Å²) in [4.78, 5) is 0. The first-order valence-electron chi connectivity index (χ1n) is 7.80. The van der Waals surface area contributed by atoms with Crippen LogP contribution in [0.3, 0.4) is 0 Å². The molecule has 3 heteroatoms. The predicted octanol–water partition coefficient (Wildman–Crippen LogP) is 2.96. The Bertz CT molecular complexity index is 265. The van der Waals surface area contributed by atoms with Crippen LogP contribution in [0.1, 0.15) is 59.8 Å². The van der Waals surface area contributed by atoms with Crippen LogP contribution in [0.5, 0.6) is 0 Å². The molecular weight excluding hydrogens is 238 g/mol. The van der Waals surface area contributed by atoms with E-state index >= 15 is 0 Å². The Kier molecular flexibility index (Phi) is 6.28. The molecule has 114 valence electrons. The van der Waals surface area contributed by atoms with Crippen molar-refractivity contribution in [1.82, 2.24) is 0 Å². The summed E-state index contributed by atoms with van der Waals surface area (Å²) in [6.45, 7) is 10.8. The molecule has 0 aromatic heterocycles. The van der Waals surface area contributed by atoms with Gasteiger partial charge in [0.05, 0.1) is 6.10 Å². The number of hydrogen-bond donors (Lipinski definition) is 2. The Labute approximate surface area is 118 Å². The first-order chi connectivity index (χ1) is 8.84. The third-order valence-electron chi connectivity index (χ3n) is 4.81. The highest BCUT2D eigenvalue weighted by atomic mass is 16.5. The maximum absolute atomic E-state index is 10.7. The molecule has 1 rings (SSSR count). The number of nitrogens with two attached hydrogens (primary N) is 1. The van der Waals surface area contributed by atoms with Crippen LogP contribution in [-0.4, -0.2) is 31.0 Å². The second-order valence-corrected chi connectivity index (χ2v) is 7.36. The number of aliphatic hydroxyl groups is 1. The average Bonchev–Trinajstić information content (AvgIpc) is 2.34. The van der Waals surface area contributed by atoms with Crippen molar-refractivity contribution in [1.29, 1.82) is 0 Å². The molecule has 0 amide bonds. The lowest BCUT2D eigenvalue weighted by atomic mass is 9.60. The average molecular weight is 271 g/mol. The SMILES string of the molecule is CC(C)CCOCCC1(CN)CCCC(C)(C)C1O. The molecule has 3 nitrogen and oxygen atoms in total. The first-order valence-corrected chi connectivity index (χ1v) is 7.80. The number of rotatable bonds is 7. The lowest BCUT2D eigenvalue weighted by molar-refractivity contribution is -0.101. The third kappa shape index (κ3) is 4.44. The van der Waals surface area contributed by atoms with Crippen LogP contribution >= 0.6 is 0 Å². The van der Waals surface area contributed by atoms with E-state index in [2.05, 4.69) is 27.7 Å². The van der Waals surface area contributed by atoms with Crippen molar-refractivity contribution in [2.45, 2.75) is 65.9 Å². The smallest absolute Gasteiger partial charge is 0.0660 e. The van der Waals surface area contributed by atoms with Gasteiger partial charge >= 0.3 is 0 Å². The molecule has 1 aliphatic rings. The van der Waals surface area contributed by atoms with Crippen LogP contribution < -0.4 is 5.73 Å². The van der Waals surface area contributed by atoms with Crippen molar-refractivity contribution >= 4 is 0 Å². The molecule has 0 spiro atoms. The van der Waals surface area contributed by atoms with E-state index < -0.39 is 0 Å². The quantitative estimate of drug-likeness (QED) is 0.700. The zero-order chi connectivity index (χ0) is 14.5. The molecule has 0 bridgehead atoms. The van der Waals surface area contributed by atoms with Gasteiger partial charge in [-0.3, -0.25) is 0 Å². The number of aliphatic hydroxyl groups excluding tert-OH is 1. The summed E-state index contributed by atoms with van der Waals surface area (Å²) in [6.07, 6.45) is 4.95. The van der Waals surface area contributed by atoms with Gasteiger partial charge in [-0.2, -0.15) is 0 Å². The topological polar surface area (TPSA) is 55.5 Å². The van der Waals surface area contributed by atoms with Gasteiger partial charge in [0.1, 0.15) is 0 Å². The molecule has 1 aliphatic carbocycles. The van der Waals surface area contributed by atoms with E-state index in [1.807, 2.05) is 0 Å². The molecule has 1 saturated carbocycles. The summed E-state index contributed by atoms with van der Waals surface area (Å²) in [5, 5.41) is 10.7. The van der Waals surface area contributed by atoms with E-state index in [1.54, 1.807) is 0 Å². The molecule has 0 saturated heterocycles. The Morgan fingerprint density at radius 3 is 2.53 bits per heavy atom. The molecule has 0 heterocycles. The molecule has 19 heavy (non-hydrogen) atoms. The fraction of sp³-hybridized carbons (Fsp3) is 1.00. The maximum atomic E-state index is 10.7. The molecule has 2 unspecified atom stereocenters. The standard InChI is InChI=1S/C16H33NO2/c1-13(2)6-10-19-11-9-16(12-17)8-5-7-15(3,4)14(16)18/h13-14,18H,5-12,17H2,1-4H3. The van der Waals surface area contributed by atoms with Crippen LogP contribution in [0.2, 0.25) is 0 Å². The summed E-state index contributed by atoms with van der Waals surface area (Å²) in [7, 11) is 0. The Morgan fingerprint density at radius 2 is 1.95 bits per heavy atom. The maximum Gasteiger partial charge on any atom is 0.0660 e. The van der Waals surface area contributed by atoms with Gasteiger partial charge in [0, 0.05) is 25.2 Å². The van der Waals surface area contributed by atoms with Gasteiger partial charge in [-0.15, -0.1) is 0 Å². The summed E-state index contributed by atoms with van der Waals surface area (Å²) in [6, 6.07) is 0. The van der Waals surface area contributed by atoms with Crippen LogP contribution in [0.25, 0.3) is 0 Å². The molecule has 0 aromatic carbocycles. The minimum absolute atomic E-state index is 0.0183. The Morgan fingerprint density at radius 1 is 1.26 bits per heavy atom. The molecule has 0 aliphatic heterocycles. The van der Waals surface area contributed by atoms with Crippen LogP contribution in [-0.2, 0) is 4.74 Å². The van der Waals surface area contributed by atoms with Crippen molar-refractivity contribution in [2.75, 3.05) is 19.8 Å². The Hall–Kier alpha value is -0.120. The van der Waals surface area contributed by atoms with E-state index in [4.69, 9.17) is 10.5 Å². The molecule has 0 aromatic rings. The van der Waals surface area contributed by atoms with E-state index in [1.165, 1.54) is 0 Å². The summed E-state index contributed by atoms with van der Waals surface area (Å²) < 4.78 is 5.72. The van der Waals surface area contributed by atoms with Gasteiger partial charge in [-0.25, -0.2) is 0 Å². The fourth-order valence-corrected chi connectivity index (χ4v) is 3.27. The molecular formula is C16H33NO2. The van der Waals surface area contributed by atoms with Crippen LogP contribution in [0.4, 0.5) is 0 Å². The largest absolute Gasteiger partial charge is 0.392 e. The van der Waals surface area contributed by atoms with Gasteiger partial charge in [-0.1, -0.05) is 34.1 Å². The third-order valence-corrected chi connectivity index (χ3v) is 4.81. The molecule has 0 radical (unpaired) electrons. The van der Waals surface area contributed by atoms with Crippen molar-refractivity contribution in [3.8, 4) is 0 Å². The first kappa shape index (κ1) is 16.9. The van der Waals surface area contributed by atoms with E-state index in [-0.39, 0.29) is 16.9 Å². The Balaban J connectivity index is 2.46. The zero-order valence-electron chi connectivity index (χ0n) is 13.2. The van der Waals surface area contributed by atoms with Gasteiger partial charge in [0.15, 0.2) is 0 Å². The van der Waals surface area contributed by atoms with Crippen molar-refractivity contribution < 1.29 is 9.84 Å². The van der Waals surface area contributed by atoms with Crippen molar-refractivity contribution in [3.63, 3.8) is 0 Å². The van der Waals surface area contributed by atoms with Crippen LogP contribution in [0, 0.1) is 16.7 Å². The van der Waals surface area contributed by atoms with Gasteiger partial charge in [0.2, 0.25) is 0 Å². The lowest BCUT2D eigenvalue weighted by Crippen LogP contribution is -2.52.